The van der Waals surface area contributed by atoms with E-state index in [1.165, 1.54) is 0 Å². The maximum atomic E-state index is 12.7. The van der Waals surface area contributed by atoms with Crippen molar-refractivity contribution in [3.8, 4) is 0 Å². The van der Waals surface area contributed by atoms with Crippen molar-refractivity contribution < 1.29 is 9.53 Å². The third-order valence-electron chi connectivity index (χ3n) is 4.17. The predicted octanol–water partition coefficient (Wildman–Crippen LogP) is 2.01. The van der Waals surface area contributed by atoms with Crippen LogP contribution < -0.4 is 0 Å². The zero-order valence-electron chi connectivity index (χ0n) is 13.4. The van der Waals surface area contributed by atoms with E-state index in [9.17, 15) is 4.79 Å². The van der Waals surface area contributed by atoms with Crippen molar-refractivity contribution >= 4 is 16.9 Å². The number of pyridine rings is 1. The number of amides is 1. The predicted molar refractivity (Wildman–Crippen MR) is 83.9 cm³/mol. The number of ether oxygens (including phenoxy) is 1. The second-order valence-corrected chi connectivity index (χ2v) is 5.61. The molecule has 3 heterocycles. The normalized spacial score (nSPS) is 18.3. The van der Waals surface area contributed by atoms with E-state index in [-0.39, 0.29) is 12.0 Å². The first-order valence-corrected chi connectivity index (χ1v) is 7.88. The van der Waals surface area contributed by atoms with E-state index in [1.807, 2.05) is 36.4 Å². The number of likely N-dealkylation sites (tertiary alicyclic amines) is 1. The zero-order valence-corrected chi connectivity index (χ0v) is 13.4. The molecule has 1 atom stereocenters. The van der Waals surface area contributed by atoms with Crippen LogP contribution in [0.2, 0.25) is 0 Å². The van der Waals surface area contributed by atoms with Gasteiger partial charge in [0.1, 0.15) is 0 Å². The Kier molecular flexibility index (Phi) is 4.11. The first kappa shape index (κ1) is 15.0. The van der Waals surface area contributed by atoms with Gasteiger partial charge in [-0.15, -0.1) is 0 Å². The van der Waals surface area contributed by atoms with E-state index in [1.54, 1.807) is 6.20 Å². The van der Waals surface area contributed by atoms with Crippen LogP contribution in [0.3, 0.4) is 0 Å². The molecule has 0 bridgehead atoms. The monoisotopic (exact) mass is 302 g/mol. The maximum Gasteiger partial charge on any atom is 0.255 e. The van der Waals surface area contributed by atoms with E-state index in [4.69, 9.17) is 4.74 Å². The third kappa shape index (κ3) is 2.59. The number of aromatic nitrogens is 3. The molecule has 3 rings (SSSR count). The summed E-state index contributed by atoms with van der Waals surface area (Å²) in [6.07, 6.45) is 2.84. The molecule has 0 aliphatic carbocycles. The van der Waals surface area contributed by atoms with Crippen LogP contribution in [0, 0.1) is 6.92 Å². The summed E-state index contributed by atoms with van der Waals surface area (Å²) in [5.41, 5.74) is 2.26. The minimum Gasteiger partial charge on any atom is -0.377 e. The number of carbonyl (C=O) groups excluding carboxylic acids is 1. The Balaban J connectivity index is 1.87. The largest absolute Gasteiger partial charge is 0.377 e. The van der Waals surface area contributed by atoms with Crippen LogP contribution in [-0.4, -0.2) is 51.4 Å². The Morgan fingerprint density at radius 1 is 1.45 bits per heavy atom. The average molecular weight is 302 g/mol. The van der Waals surface area contributed by atoms with Crippen LogP contribution in [0.15, 0.2) is 12.3 Å². The molecule has 1 amide bonds. The van der Waals surface area contributed by atoms with E-state index >= 15 is 0 Å². The number of nitrogens with zero attached hydrogens (tertiary/aromatic N) is 4. The topological polar surface area (TPSA) is 60.2 Å². The van der Waals surface area contributed by atoms with Crippen LogP contribution in [0.25, 0.3) is 11.0 Å². The van der Waals surface area contributed by atoms with E-state index in [0.717, 1.165) is 36.2 Å². The molecular weight excluding hydrogens is 280 g/mol. The van der Waals surface area contributed by atoms with Crippen LogP contribution in [0.4, 0.5) is 0 Å². The summed E-state index contributed by atoms with van der Waals surface area (Å²) in [6.45, 7) is 8.77. The van der Waals surface area contributed by atoms with Crippen LogP contribution in [-0.2, 0) is 11.3 Å². The smallest absolute Gasteiger partial charge is 0.255 e. The summed E-state index contributed by atoms with van der Waals surface area (Å²) < 4.78 is 7.46. The van der Waals surface area contributed by atoms with Gasteiger partial charge in [-0.3, -0.25) is 4.79 Å². The fraction of sp³-hybridized carbons (Fsp3) is 0.562. The first-order chi connectivity index (χ1) is 10.6. The summed E-state index contributed by atoms with van der Waals surface area (Å²) in [6, 6.07) is 1.91. The molecule has 2 aromatic rings. The molecule has 6 nitrogen and oxygen atoms in total. The number of carbonyl (C=O) groups is 1. The van der Waals surface area contributed by atoms with E-state index in [0.29, 0.717) is 18.7 Å². The van der Waals surface area contributed by atoms with Crippen molar-refractivity contribution in [2.45, 2.75) is 39.8 Å². The summed E-state index contributed by atoms with van der Waals surface area (Å²) >= 11 is 0. The van der Waals surface area contributed by atoms with Crippen molar-refractivity contribution in [3.05, 3.63) is 23.5 Å². The Hall–Kier alpha value is -1.95. The molecule has 0 radical (unpaired) electrons. The van der Waals surface area contributed by atoms with Crippen molar-refractivity contribution in [2.75, 3.05) is 19.7 Å². The molecule has 0 saturated carbocycles. The van der Waals surface area contributed by atoms with Gasteiger partial charge in [-0.05, 0) is 33.3 Å². The number of aryl methyl sites for hydroxylation is 2. The summed E-state index contributed by atoms with van der Waals surface area (Å²) in [7, 11) is 0. The number of hydrogen-bond acceptors (Lipinski definition) is 4. The van der Waals surface area contributed by atoms with Crippen molar-refractivity contribution in [3.63, 3.8) is 0 Å². The van der Waals surface area contributed by atoms with Gasteiger partial charge >= 0.3 is 0 Å². The quantitative estimate of drug-likeness (QED) is 0.867. The molecular formula is C16H22N4O2. The Bertz CT molecular complexity index is 695. The minimum atomic E-state index is 0.0401. The van der Waals surface area contributed by atoms with Crippen LogP contribution in [0.1, 0.15) is 36.3 Å². The highest BCUT2D eigenvalue weighted by Crippen LogP contribution is 2.21. The zero-order chi connectivity index (χ0) is 15.7. The van der Waals surface area contributed by atoms with Gasteiger partial charge in [-0.25, -0.2) is 9.67 Å². The molecule has 0 spiro atoms. The molecule has 0 N–H and O–H groups in total. The van der Waals surface area contributed by atoms with Crippen LogP contribution >= 0.6 is 0 Å². The molecule has 0 aromatic carbocycles. The Morgan fingerprint density at radius 2 is 2.27 bits per heavy atom. The lowest BCUT2D eigenvalue weighted by atomic mass is 10.1. The third-order valence-corrected chi connectivity index (χ3v) is 4.17. The summed E-state index contributed by atoms with van der Waals surface area (Å²) in [4.78, 5) is 19.2. The molecule has 1 aliphatic heterocycles. The van der Waals surface area contributed by atoms with Gasteiger partial charge in [0.2, 0.25) is 0 Å². The van der Waals surface area contributed by atoms with E-state index in [2.05, 4.69) is 10.1 Å². The van der Waals surface area contributed by atoms with Gasteiger partial charge in [0.15, 0.2) is 5.65 Å². The van der Waals surface area contributed by atoms with E-state index < -0.39 is 0 Å². The molecule has 6 heteroatoms. The van der Waals surface area contributed by atoms with Gasteiger partial charge in [0, 0.05) is 31.6 Å². The Labute approximate surface area is 130 Å². The number of fused-ring (bicyclic) bond motifs is 1. The second kappa shape index (κ2) is 6.04. The number of hydrogen-bond donors (Lipinski definition) is 0. The first-order valence-electron chi connectivity index (χ1n) is 7.88. The minimum absolute atomic E-state index is 0.0401. The molecule has 118 valence electrons. The van der Waals surface area contributed by atoms with Gasteiger partial charge < -0.3 is 9.64 Å². The lowest BCUT2D eigenvalue weighted by molar-refractivity contribution is 0.0597. The molecule has 22 heavy (non-hydrogen) atoms. The highest BCUT2D eigenvalue weighted by atomic mass is 16.5. The lowest BCUT2D eigenvalue weighted by Crippen LogP contribution is -2.30. The highest BCUT2D eigenvalue weighted by molar-refractivity contribution is 5.98. The van der Waals surface area contributed by atoms with Gasteiger partial charge in [0.25, 0.3) is 5.91 Å². The average Bonchev–Trinajstić information content (AvgIpc) is 3.12. The maximum absolute atomic E-state index is 12.7. The van der Waals surface area contributed by atoms with Crippen molar-refractivity contribution in [1.29, 1.82) is 0 Å². The Morgan fingerprint density at radius 3 is 3.00 bits per heavy atom. The van der Waals surface area contributed by atoms with Gasteiger partial charge in [-0.1, -0.05) is 0 Å². The molecule has 1 aliphatic rings. The van der Waals surface area contributed by atoms with Gasteiger partial charge in [0.05, 0.1) is 23.6 Å². The van der Waals surface area contributed by atoms with Crippen LogP contribution in [0.5, 0.6) is 0 Å². The fourth-order valence-electron chi connectivity index (χ4n) is 3.00. The standard InChI is InChI=1S/C16H22N4O2/c1-4-20-15-12(9-17-20)8-14(11(3)18-15)16(21)19-7-6-13(10-19)22-5-2/h8-9,13H,4-7,10H2,1-3H3/t13-/m0/s1. The second-order valence-electron chi connectivity index (χ2n) is 5.61. The molecule has 2 aromatic heterocycles. The summed E-state index contributed by atoms with van der Waals surface area (Å²) in [5.74, 6) is 0.0401. The van der Waals surface area contributed by atoms with Gasteiger partial charge in [-0.2, -0.15) is 5.10 Å². The highest BCUT2D eigenvalue weighted by Gasteiger charge is 2.28. The van der Waals surface area contributed by atoms with Crippen molar-refractivity contribution in [1.82, 2.24) is 19.7 Å². The summed E-state index contributed by atoms with van der Waals surface area (Å²) in [5, 5.41) is 5.21. The molecule has 1 fully saturated rings. The SMILES string of the molecule is CCO[C@H]1CCN(C(=O)c2cc3cnn(CC)c3nc2C)C1. The number of rotatable bonds is 4. The molecule has 1 saturated heterocycles. The lowest BCUT2D eigenvalue weighted by Gasteiger charge is -2.17. The van der Waals surface area contributed by atoms with Crippen molar-refractivity contribution in [2.24, 2.45) is 0 Å². The molecule has 0 unspecified atom stereocenters. The fourth-order valence-corrected chi connectivity index (χ4v) is 3.00.